The molecule has 0 bridgehead atoms. The molecule has 0 aliphatic carbocycles. The first-order valence-corrected chi connectivity index (χ1v) is 10.2. The summed E-state index contributed by atoms with van der Waals surface area (Å²) in [6, 6.07) is 24.8. The van der Waals surface area contributed by atoms with Gasteiger partial charge in [0.2, 0.25) is 5.95 Å². The Kier molecular flexibility index (Phi) is 6.16. The lowest BCUT2D eigenvalue weighted by atomic mass is 10.1. The van der Waals surface area contributed by atoms with Gasteiger partial charge in [-0.05, 0) is 18.2 Å². The Bertz CT molecular complexity index is 1170. The summed E-state index contributed by atoms with van der Waals surface area (Å²) < 4.78 is 0. The molecule has 5 nitrogen and oxygen atoms in total. The zero-order valence-electron chi connectivity index (χ0n) is 16.6. The third-order valence-electron chi connectivity index (χ3n) is 4.57. The molecular formula is C24H18Cl2N4O. The molecule has 3 aromatic carbocycles. The second kappa shape index (κ2) is 9.16. The first-order chi connectivity index (χ1) is 15.0. The predicted octanol–water partition coefficient (Wildman–Crippen LogP) is 6.29. The van der Waals surface area contributed by atoms with Gasteiger partial charge < -0.3 is 5.11 Å². The number of hydrazone groups is 1. The highest BCUT2D eigenvalue weighted by Crippen LogP contribution is 2.30. The fraction of sp³-hybridized carbons (Fsp3) is 0.0417. The maximum Gasteiger partial charge on any atom is 0.247 e. The van der Waals surface area contributed by atoms with Crippen LogP contribution in [0.5, 0.6) is 5.75 Å². The van der Waals surface area contributed by atoms with Crippen LogP contribution in [0.15, 0.2) is 84.0 Å². The standard InChI is InChI=1S/C24H18Cl2N4O/c1-30(27-15-18-12-19(25)13-20(26)23(18)31)24-28-21(16-8-4-2-5-9-16)14-22(29-24)17-10-6-3-7-11-17/h2-15,31H,1H3. The summed E-state index contributed by atoms with van der Waals surface area (Å²) in [4.78, 5) is 9.37. The van der Waals surface area contributed by atoms with E-state index in [0.29, 0.717) is 16.5 Å². The molecule has 0 aliphatic rings. The van der Waals surface area contributed by atoms with Crippen molar-refractivity contribution in [1.29, 1.82) is 0 Å². The van der Waals surface area contributed by atoms with Gasteiger partial charge in [-0.2, -0.15) is 5.10 Å². The highest BCUT2D eigenvalue weighted by atomic mass is 35.5. The van der Waals surface area contributed by atoms with Gasteiger partial charge in [0, 0.05) is 28.8 Å². The fourth-order valence-electron chi connectivity index (χ4n) is 2.98. The molecule has 1 aromatic heterocycles. The molecule has 0 fully saturated rings. The Hall–Kier alpha value is -3.41. The van der Waals surface area contributed by atoms with Gasteiger partial charge in [-0.25, -0.2) is 15.0 Å². The van der Waals surface area contributed by atoms with Crippen LogP contribution in [0.25, 0.3) is 22.5 Å². The van der Waals surface area contributed by atoms with Gasteiger partial charge in [0.25, 0.3) is 0 Å². The quantitative estimate of drug-likeness (QED) is 0.287. The van der Waals surface area contributed by atoms with Crippen LogP contribution >= 0.6 is 23.2 Å². The Balaban J connectivity index is 1.75. The lowest BCUT2D eigenvalue weighted by Crippen LogP contribution is -2.13. The molecule has 1 heterocycles. The molecule has 0 unspecified atom stereocenters. The second-order valence-corrected chi connectivity index (χ2v) is 7.61. The lowest BCUT2D eigenvalue weighted by molar-refractivity contribution is 0.474. The van der Waals surface area contributed by atoms with E-state index in [2.05, 4.69) is 15.1 Å². The summed E-state index contributed by atoms with van der Waals surface area (Å²) in [5, 5.41) is 16.6. The van der Waals surface area contributed by atoms with Crippen molar-refractivity contribution in [1.82, 2.24) is 9.97 Å². The van der Waals surface area contributed by atoms with Gasteiger partial charge in [0.05, 0.1) is 22.6 Å². The summed E-state index contributed by atoms with van der Waals surface area (Å²) in [5.74, 6) is 0.316. The van der Waals surface area contributed by atoms with Gasteiger partial charge in [-0.3, -0.25) is 0 Å². The molecule has 4 rings (SSSR count). The SMILES string of the molecule is CN(N=Cc1cc(Cl)cc(Cl)c1O)c1nc(-c2ccccc2)cc(-c2ccccc2)n1. The van der Waals surface area contributed by atoms with E-state index < -0.39 is 0 Å². The molecule has 7 heteroatoms. The minimum atomic E-state index is -0.0906. The van der Waals surface area contributed by atoms with E-state index in [1.807, 2.05) is 66.7 Å². The van der Waals surface area contributed by atoms with Crippen molar-refractivity contribution < 1.29 is 5.11 Å². The van der Waals surface area contributed by atoms with Crippen molar-refractivity contribution in [2.45, 2.75) is 0 Å². The average molecular weight is 449 g/mol. The third kappa shape index (κ3) is 4.85. The van der Waals surface area contributed by atoms with E-state index in [4.69, 9.17) is 23.2 Å². The lowest BCUT2D eigenvalue weighted by Gasteiger charge is -2.14. The Morgan fingerprint density at radius 1 is 0.839 bits per heavy atom. The Morgan fingerprint density at radius 3 is 1.94 bits per heavy atom. The van der Waals surface area contributed by atoms with E-state index in [1.165, 1.54) is 17.3 Å². The highest BCUT2D eigenvalue weighted by molar-refractivity contribution is 6.36. The smallest absolute Gasteiger partial charge is 0.247 e. The number of anilines is 1. The number of rotatable bonds is 5. The van der Waals surface area contributed by atoms with Crippen LogP contribution in [0.2, 0.25) is 10.0 Å². The summed E-state index contributed by atoms with van der Waals surface area (Å²) in [6.45, 7) is 0. The van der Waals surface area contributed by atoms with E-state index in [9.17, 15) is 5.11 Å². The van der Waals surface area contributed by atoms with E-state index in [-0.39, 0.29) is 10.8 Å². The van der Waals surface area contributed by atoms with Crippen molar-refractivity contribution in [3.05, 3.63) is 94.5 Å². The summed E-state index contributed by atoms with van der Waals surface area (Å²) >= 11 is 12.0. The molecule has 0 amide bonds. The van der Waals surface area contributed by atoms with Gasteiger partial charge in [0.15, 0.2) is 0 Å². The monoisotopic (exact) mass is 448 g/mol. The van der Waals surface area contributed by atoms with Crippen molar-refractivity contribution in [2.24, 2.45) is 5.10 Å². The highest BCUT2D eigenvalue weighted by Gasteiger charge is 2.12. The maximum atomic E-state index is 10.2. The summed E-state index contributed by atoms with van der Waals surface area (Å²) in [7, 11) is 1.73. The predicted molar refractivity (Wildman–Crippen MR) is 127 cm³/mol. The number of halogens is 2. The molecule has 1 N–H and O–H groups in total. The fourth-order valence-corrected chi connectivity index (χ4v) is 3.49. The Labute approximate surface area is 190 Å². The first-order valence-electron chi connectivity index (χ1n) is 9.47. The number of phenolic OH excluding ortho intramolecular Hbond substituents is 1. The molecule has 0 radical (unpaired) electrons. The molecule has 0 saturated carbocycles. The van der Waals surface area contributed by atoms with Gasteiger partial charge >= 0.3 is 0 Å². The zero-order valence-corrected chi connectivity index (χ0v) is 18.1. The first kappa shape index (κ1) is 20.8. The number of aromatic hydroxyl groups is 1. The number of hydrogen-bond donors (Lipinski definition) is 1. The zero-order chi connectivity index (χ0) is 21.8. The van der Waals surface area contributed by atoms with Crippen LogP contribution in [0.1, 0.15) is 5.56 Å². The molecule has 154 valence electrons. The normalized spacial score (nSPS) is 11.1. The third-order valence-corrected chi connectivity index (χ3v) is 5.08. The number of benzene rings is 3. The van der Waals surface area contributed by atoms with Crippen LogP contribution in [-0.2, 0) is 0 Å². The van der Waals surface area contributed by atoms with Gasteiger partial charge in [0.1, 0.15) is 5.75 Å². The molecule has 0 aliphatic heterocycles. The minimum absolute atomic E-state index is 0.0906. The number of nitrogens with zero attached hydrogens (tertiary/aromatic N) is 4. The molecule has 0 saturated heterocycles. The van der Waals surface area contributed by atoms with Crippen LogP contribution in [0.3, 0.4) is 0 Å². The van der Waals surface area contributed by atoms with Crippen molar-refractivity contribution in [2.75, 3.05) is 12.1 Å². The summed E-state index contributed by atoms with van der Waals surface area (Å²) in [6.07, 6.45) is 1.47. The van der Waals surface area contributed by atoms with Gasteiger partial charge in [-0.15, -0.1) is 0 Å². The molecule has 0 atom stereocenters. The van der Waals surface area contributed by atoms with Crippen molar-refractivity contribution >= 4 is 35.4 Å². The molecule has 0 spiro atoms. The van der Waals surface area contributed by atoms with Crippen LogP contribution in [0, 0.1) is 0 Å². The van der Waals surface area contributed by atoms with Crippen LogP contribution < -0.4 is 5.01 Å². The van der Waals surface area contributed by atoms with Crippen molar-refractivity contribution in [3.63, 3.8) is 0 Å². The van der Waals surface area contributed by atoms with E-state index >= 15 is 0 Å². The minimum Gasteiger partial charge on any atom is -0.506 e. The van der Waals surface area contributed by atoms with Crippen LogP contribution in [0.4, 0.5) is 5.95 Å². The van der Waals surface area contributed by atoms with Gasteiger partial charge in [-0.1, -0.05) is 83.9 Å². The second-order valence-electron chi connectivity index (χ2n) is 6.76. The average Bonchev–Trinajstić information content (AvgIpc) is 2.81. The number of phenols is 1. The Morgan fingerprint density at radius 2 is 1.39 bits per heavy atom. The number of aromatic nitrogens is 2. The van der Waals surface area contributed by atoms with Crippen molar-refractivity contribution in [3.8, 4) is 28.3 Å². The molecule has 4 aromatic rings. The van der Waals surface area contributed by atoms with E-state index in [0.717, 1.165) is 22.5 Å². The molecule has 31 heavy (non-hydrogen) atoms. The molecular weight excluding hydrogens is 431 g/mol. The van der Waals surface area contributed by atoms with Crippen LogP contribution in [-0.4, -0.2) is 28.3 Å². The number of hydrogen-bond acceptors (Lipinski definition) is 5. The topological polar surface area (TPSA) is 61.6 Å². The maximum absolute atomic E-state index is 10.2. The van der Waals surface area contributed by atoms with E-state index in [1.54, 1.807) is 13.1 Å². The largest absolute Gasteiger partial charge is 0.506 e. The summed E-state index contributed by atoms with van der Waals surface area (Å²) in [5.41, 5.74) is 3.90.